The molecule has 0 unspecified atom stereocenters. The van der Waals surface area contributed by atoms with Crippen LogP contribution < -0.4 is 4.18 Å². The summed E-state index contributed by atoms with van der Waals surface area (Å²) in [6.07, 6.45) is 1.33. The van der Waals surface area contributed by atoms with E-state index in [1.54, 1.807) is 30.3 Å². The van der Waals surface area contributed by atoms with E-state index in [2.05, 4.69) is 9.17 Å². The third kappa shape index (κ3) is 2.90. The lowest BCUT2D eigenvalue weighted by Gasteiger charge is -2.12. The van der Waals surface area contributed by atoms with Crippen LogP contribution in [0.15, 0.2) is 48.7 Å². The van der Waals surface area contributed by atoms with Gasteiger partial charge in [0.15, 0.2) is 5.75 Å². The van der Waals surface area contributed by atoms with Gasteiger partial charge >= 0.3 is 15.6 Å². The summed E-state index contributed by atoms with van der Waals surface area (Å²) in [5.74, 6) is -0.476. The minimum absolute atomic E-state index is 0.0147. The van der Waals surface area contributed by atoms with E-state index in [0.717, 1.165) is 6.07 Å². The zero-order valence-electron chi connectivity index (χ0n) is 9.83. The molecule has 8 heteroatoms. The van der Waals surface area contributed by atoms with Crippen molar-refractivity contribution in [1.29, 1.82) is 0 Å². The van der Waals surface area contributed by atoms with Crippen molar-refractivity contribution in [3.05, 3.63) is 48.7 Å². The molecule has 0 N–H and O–H groups in total. The van der Waals surface area contributed by atoms with Gasteiger partial charge in [0.05, 0.1) is 0 Å². The van der Waals surface area contributed by atoms with Gasteiger partial charge in [0, 0.05) is 11.8 Å². The molecule has 0 saturated carbocycles. The zero-order chi connectivity index (χ0) is 14.8. The Labute approximate surface area is 113 Å². The molecular weight excluding hydrogens is 295 g/mol. The monoisotopic (exact) mass is 303 g/mol. The van der Waals surface area contributed by atoms with E-state index < -0.39 is 21.4 Å². The van der Waals surface area contributed by atoms with Crippen LogP contribution in [0.3, 0.4) is 0 Å². The number of pyridine rings is 1. The lowest BCUT2D eigenvalue weighted by Crippen LogP contribution is -2.28. The summed E-state index contributed by atoms with van der Waals surface area (Å²) in [6, 6.07) is 10.6. The van der Waals surface area contributed by atoms with Gasteiger partial charge in [-0.25, -0.2) is 0 Å². The molecule has 0 saturated heterocycles. The largest absolute Gasteiger partial charge is 0.534 e. The van der Waals surface area contributed by atoms with Gasteiger partial charge in [-0.15, -0.1) is 0 Å². The van der Waals surface area contributed by atoms with Crippen LogP contribution in [0.2, 0.25) is 0 Å². The third-order valence-electron chi connectivity index (χ3n) is 2.30. The summed E-state index contributed by atoms with van der Waals surface area (Å²) in [5.41, 5.74) is -5.03. The molecule has 4 nitrogen and oxygen atoms in total. The van der Waals surface area contributed by atoms with Crippen LogP contribution in [0, 0.1) is 0 Å². The van der Waals surface area contributed by atoms with E-state index >= 15 is 0 Å². The van der Waals surface area contributed by atoms with Crippen molar-refractivity contribution in [3.63, 3.8) is 0 Å². The van der Waals surface area contributed by atoms with E-state index in [1.807, 2.05) is 0 Å². The van der Waals surface area contributed by atoms with Crippen LogP contribution in [0.5, 0.6) is 5.75 Å². The molecule has 0 radical (unpaired) electrons. The van der Waals surface area contributed by atoms with Gasteiger partial charge in [-0.2, -0.15) is 21.6 Å². The molecule has 1 heterocycles. The molecule has 0 atom stereocenters. The molecule has 106 valence electrons. The number of benzene rings is 1. The number of halogens is 3. The number of hydrogen-bond donors (Lipinski definition) is 0. The zero-order valence-corrected chi connectivity index (χ0v) is 10.6. The second-order valence-corrected chi connectivity index (χ2v) is 5.24. The molecule has 20 heavy (non-hydrogen) atoms. The smallest absolute Gasteiger partial charge is 0.374 e. The SMILES string of the molecule is O=S(=O)(Oc1cccnc1-c1ccccc1)C(F)(F)F. The number of aromatic nitrogens is 1. The molecule has 2 aromatic rings. The maximum Gasteiger partial charge on any atom is 0.534 e. The quantitative estimate of drug-likeness (QED) is 0.646. The number of nitrogens with zero attached hydrogens (tertiary/aromatic N) is 1. The van der Waals surface area contributed by atoms with Gasteiger partial charge < -0.3 is 4.18 Å². The summed E-state index contributed by atoms with van der Waals surface area (Å²) in [4.78, 5) is 3.86. The molecule has 1 aromatic heterocycles. The lowest BCUT2D eigenvalue weighted by molar-refractivity contribution is -0.0499. The summed E-state index contributed by atoms with van der Waals surface area (Å²) < 4.78 is 63.2. The Morgan fingerprint density at radius 2 is 1.65 bits per heavy atom. The Bertz CT molecular complexity index is 699. The van der Waals surface area contributed by atoms with Crippen LogP contribution in [0.25, 0.3) is 11.3 Å². The van der Waals surface area contributed by atoms with Crippen molar-refractivity contribution >= 4 is 10.1 Å². The minimum atomic E-state index is -5.72. The van der Waals surface area contributed by atoms with E-state index in [-0.39, 0.29) is 5.69 Å². The minimum Gasteiger partial charge on any atom is -0.374 e. The molecule has 0 fully saturated rings. The predicted molar refractivity (Wildman–Crippen MR) is 65.3 cm³/mol. The average molecular weight is 303 g/mol. The number of rotatable bonds is 3. The van der Waals surface area contributed by atoms with Crippen LogP contribution >= 0.6 is 0 Å². The first-order valence-corrected chi connectivity index (χ1v) is 6.73. The van der Waals surface area contributed by atoms with Crippen molar-refractivity contribution in [2.45, 2.75) is 5.51 Å². The first kappa shape index (κ1) is 14.3. The fraction of sp³-hybridized carbons (Fsp3) is 0.0833. The summed E-state index contributed by atoms with van der Waals surface area (Å²) >= 11 is 0. The van der Waals surface area contributed by atoms with Gasteiger partial charge in [-0.05, 0) is 12.1 Å². The van der Waals surface area contributed by atoms with E-state index in [1.165, 1.54) is 12.3 Å². The first-order chi connectivity index (χ1) is 9.31. The van der Waals surface area contributed by atoms with Gasteiger partial charge in [-0.1, -0.05) is 30.3 Å². The normalized spacial score (nSPS) is 12.2. The molecule has 1 aromatic carbocycles. The summed E-state index contributed by atoms with van der Waals surface area (Å²) in [6.45, 7) is 0. The maximum absolute atomic E-state index is 12.3. The molecule has 0 aliphatic carbocycles. The highest BCUT2D eigenvalue weighted by Gasteiger charge is 2.48. The van der Waals surface area contributed by atoms with E-state index in [0.29, 0.717) is 5.56 Å². The van der Waals surface area contributed by atoms with Crippen molar-refractivity contribution in [2.75, 3.05) is 0 Å². The van der Waals surface area contributed by atoms with Crippen molar-refractivity contribution in [1.82, 2.24) is 4.98 Å². The fourth-order valence-electron chi connectivity index (χ4n) is 1.44. The molecule has 0 bridgehead atoms. The standard InChI is InChI=1S/C12H8F3NO3S/c13-12(14,15)20(17,18)19-10-7-4-8-16-11(10)9-5-2-1-3-6-9/h1-8H. The highest BCUT2D eigenvalue weighted by Crippen LogP contribution is 2.32. The average Bonchev–Trinajstić information content (AvgIpc) is 2.38. The van der Waals surface area contributed by atoms with Crippen molar-refractivity contribution in [2.24, 2.45) is 0 Å². The molecule has 0 amide bonds. The maximum atomic E-state index is 12.3. The van der Waals surface area contributed by atoms with E-state index in [4.69, 9.17) is 0 Å². The van der Waals surface area contributed by atoms with Crippen molar-refractivity contribution in [3.8, 4) is 17.0 Å². The molecule has 0 aliphatic rings. The Balaban J connectivity index is 2.45. The second kappa shape index (κ2) is 5.12. The van der Waals surface area contributed by atoms with Gasteiger partial charge in [-0.3, -0.25) is 4.98 Å². The Hall–Kier alpha value is -2.09. The van der Waals surface area contributed by atoms with Crippen LogP contribution in [0.4, 0.5) is 13.2 Å². The molecule has 2 rings (SSSR count). The third-order valence-corrected chi connectivity index (χ3v) is 3.27. The number of hydrogen-bond acceptors (Lipinski definition) is 4. The van der Waals surface area contributed by atoms with Crippen molar-refractivity contribution < 1.29 is 25.8 Å². The van der Waals surface area contributed by atoms with Gasteiger partial charge in [0.2, 0.25) is 0 Å². The Kier molecular flexibility index (Phi) is 3.67. The second-order valence-electron chi connectivity index (χ2n) is 3.70. The Morgan fingerprint density at radius 3 is 2.25 bits per heavy atom. The topological polar surface area (TPSA) is 56.3 Å². The van der Waals surface area contributed by atoms with Gasteiger partial charge in [0.1, 0.15) is 5.69 Å². The summed E-state index contributed by atoms with van der Waals surface area (Å²) in [5, 5.41) is 0. The van der Waals surface area contributed by atoms with Crippen LogP contribution in [-0.2, 0) is 10.1 Å². The first-order valence-electron chi connectivity index (χ1n) is 5.32. The van der Waals surface area contributed by atoms with Crippen LogP contribution in [0.1, 0.15) is 0 Å². The fourth-order valence-corrected chi connectivity index (χ4v) is 1.90. The number of alkyl halides is 3. The molecular formula is C12H8F3NO3S. The summed E-state index contributed by atoms with van der Waals surface area (Å²) in [7, 11) is -5.72. The van der Waals surface area contributed by atoms with Crippen LogP contribution in [-0.4, -0.2) is 18.9 Å². The predicted octanol–water partition coefficient (Wildman–Crippen LogP) is 2.98. The highest BCUT2D eigenvalue weighted by atomic mass is 32.2. The highest BCUT2D eigenvalue weighted by molar-refractivity contribution is 7.88. The van der Waals surface area contributed by atoms with E-state index in [9.17, 15) is 21.6 Å². The molecule has 0 aliphatic heterocycles. The Morgan fingerprint density at radius 1 is 1.00 bits per heavy atom. The molecule has 0 spiro atoms. The lowest BCUT2D eigenvalue weighted by atomic mass is 10.1. The van der Waals surface area contributed by atoms with Gasteiger partial charge in [0.25, 0.3) is 0 Å².